The number of nitrogens with one attached hydrogen (secondary N) is 2. The van der Waals surface area contributed by atoms with Crippen LogP contribution in [0.1, 0.15) is 5.56 Å². The van der Waals surface area contributed by atoms with Crippen molar-refractivity contribution in [1.82, 2.24) is 5.32 Å². The Morgan fingerprint density at radius 3 is 2.43 bits per heavy atom. The fourth-order valence-corrected chi connectivity index (χ4v) is 4.21. The van der Waals surface area contributed by atoms with Gasteiger partial charge in [0.25, 0.3) is 10.0 Å². The molecule has 30 heavy (non-hydrogen) atoms. The van der Waals surface area contributed by atoms with Crippen molar-refractivity contribution in [2.45, 2.75) is 18.4 Å². The molecule has 11 heteroatoms. The largest absolute Gasteiger partial charge is 0.493 e. The van der Waals surface area contributed by atoms with Crippen LogP contribution in [0.4, 0.5) is 20.2 Å². The highest BCUT2D eigenvalue weighted by Crippen LogP contribution is 2.33. The lowest BCUT2D eigenvalue weighted by Crippen LogP contribution is -2.43. The highest BCUT2D eigenvalue weighted by Gasteiger charge is 2.20. The summed E-state index contributed by atoms with van der Waals surface area (Å²) in [4.78, 5) is 2.22. The van der Waals surface area contributed by atoms with Gasteiger partial charge in [-0.3, -0.25) is 4.72 Å². The average Bonchev–Trinajstić information content (AvgIpc) is 2.68. The van der Waals surface area contributed by atoms with E-state index in [9.17, 15) is 17.2 Å². The SMILES string of the molecule is COc1ccc(NS(=O)(=O)c2ccc(C)c(N3CCNCC3)c2)cc1OC(F)F.Cl. The summed E-state index contributed by atoms with van der Waals surface area (Å²) in [6, 6.07) is 8.84. The number of hydrogen-bond acceptors (Lipinski definition) is 6. The van der Waals surface area contributed by atoms with E-state index < -0.39 is 16.6 Å². The number of halogens is 3. The van der Waals surface area contributed by atoms with E-state index in [4.69, 9.17) is 4.74 Å². The summed E-state index contributed by atoms with van der Waals surface area (Å²) in [5, 5.41) is 3.26. The van der Waals surface area contributed by atoms with Crippen molar-refractivity contribution in [2.24, 2.45) is 0 Å². The van der Waals surface area contributed by atoms with E-state index in [0.717, 1.165) is 43.5 Å². The van der Waals surface area contributed by atoms with Gasteiger partial charge in [0.1, 0.15) is 0 Å². The second kappa shape index (κ2) is 10.1. The van der Waals surface area contributed by atoms with Gasteiger partial charge in [-0.05, 0) is 36.8 Å². The van der Waals surface area contributed by atoms with Crippen molar-refractivity contribution in [3.63, 3.8) is 0 Å². The van der Waals surface area contributed by atoms with Crippen molar-refractivity contribution in [3.05, 3.63) is 42.0 Å². The molecule has 0 spiro atoms. The summed E-state index contributed by atoms with van der Waals surface area (Å²) in [5.41, 5.74) is 1.92. The molecule has 1 heterocycles. The highest BCUT2D eigenvalue weighted by atomic mass is 35.5. The lowest BCUT2D eigenvalue weighted by Gasteiger charge is -2.31. The van der Waals surface area contributed by atoms with Crippen LogP contribution >= 0.6 is 12.4 Å². The van der Waals surface area contributed by atoms with Gasteiger partial charge in [0.15, 0.2) is 11.5 Å². The van der Waals surface area contributed by atoms with Crippen LogP contribution in [0.25, 0.3) is 0 Å². The molecule has 1 aliphatic rings. The maximum atomic E-state index is 12.9. The normalized spacial score (nSPS) is 14.2. The van der Waals surface area contributed by atoms with Crippen molar-refractivity contribution >= 4 is 33.8 Å². The Morgan fingerprint density at radius 1 is 1.10 bits per heavy atom. The third kappa shape index (κ3) is 5.65. The number of alkyl halides is 2. The first-order chi connectivity index (χ1) is 13.8. The summed E-state index contributed by atoms with van der Waals surface area (Å²) in [6.07, 6.45) is 0. The summed E-state index contributed by atoms with van der Waals surface area (Å²) >= 11 is 0. The maximum absolute atomic E-state index is 12.9. The Balaban J connectivity index is 0.00000320. The highest BCUT2D eigenvalue weighted by molar-refractivity contribution is 7.92. The van der Waals surface area contributed by atoms with Crippen LogP contribution < -0.4 is 24.4 Å². The summed E-state index contributed by atoms with van der Waals surface area (Å²) in [5.74, 6) is -0.183. The second-order valence-electron chi connectivity index (χ2n) is 6.53. The Kier molecular flexibility index (Phi) is 8.10. The van der Waals surface area contributed by atoms with Crippen LogP contribution in [0.5, 0.6) is 11.5 Å². The fraction of sp³-hybridized carbons (Fsp3) is 0.368. The molecule has 0 aromatic heterocycles. The van der Waals surface area contributed by atoms with E-state index in [1.807, 2.05) is 6.92 Å². The molecule has 1 aliphatic heterocycles. The van der Waals surface area contributed by atoms with Gasteiger partial charge in [-0.25, -0.2) is 8.42 Å². The number of ether oxygens (including phenoxy) is 2. The van der Waals surface area contributed by atoms with E-state index in [-0.39, 0.29) is 34.5 Å². The van der Waals surface area contributed by atoms with E-state index >= 15 is 0 Å². The van der Waals surface area contributed by atoms with Gasteiger partial charge in [0, 0.05) is 37.9 Å². The molecule has 0 bridgehead atoms. The van der Waals surface area contributed by atoms with Gasteiger partial charge in [0.2, 0.25) is 0 Å². The molecule has 1 saturated heterocycles. The third-order valence-electron chi connectivity index (χ3n) is 4.58. The number of rotatable bonds is 7. The van der Waals surface area contributed by atoms with Gasteiger partial charge in [-0.15, -0.1) is 12.4 Å². The number of aryl methyl sites for hydroxylation is 1. The lowest BCUT2D eigenvalue weighted by molar-refractivity contribution is -0.0511. The van der Waals surface area contributed by atoms with Crippen LogP contribution in [0.3, 0.4) is 0 Å². The maximum Gasteiger partial charge on any atom is 0.387 e. The second-order valence-corrected chi connectivity index (χ2v) is 8.22. The number of methoxy groups -OCH3 is 1. The summed E-state index contributed by atoms with van der Waals surface area (Å²) < 4.78 is 62.7. The van der Waals surface area contributed by atoms with Crippen LogP contribution in [0.15, 0.2) is 41.3 Å². The number of benzene rings is 2. The number of piperazine rings is 1. The Labute approximate surface area is 180 Å². The van der Waals surface area contributed by atoms with Gasteiger partial charge in [-0.2, -0.15) is 8.78 Å². The molecule has 0 saturated carbocycles. The number of hydrogen-bond donors (Lipinski definition) is 2. The van der Waals surface area contributed by atoms with Crippen molar-refractivity contribution in [3.8, 4) is 11.5 Å². The quantitative estimate of drug-likeness (QED) is 0.656. The molecule has 0 unspecified atom stereocenters. The first kappa shape index (κ1) is 24.0. The third-order valence-corrected chi connectivity index (χ3v) is 5.96. The first-order valence-corrected chi connectivity index (χ1v) is 10.5. The Morgan fingerprint density at radius 2 is 1.80 bits per heavy atom. The molecule has 3 rings (SSSR count). The minimum Gasteiger partial charge on any atom is -0.493 e. The first-order valence-electron chi connectivity index (χ1n) is 9.02. The standard InChI is InChI=1S/C19H23F2N3O4S.ClH/c1-13-3-5-15(12-16(13)24-9-7-22-8-10-24)29(25,26)23-14-4-6-17(27-2)18(11-14)28-19(20)21;/h3-6,11-12,19,22-23H,7-10H2,1-2H3;1H. The molecule has 0 radical (unpaired) electrons. The topological polar surface area (TPSA) is 79.9 Å². The van der Waals surface area contributed by atoms with Crippen LogP contribution in [0, 0.1) is 6.92 Å². The molecular formula is C19H24ClF2N3O4S. The van der Waals surface area contributed by atoms with Gasteiger partial charge >= 0.3 is 6.61 Å². The summed E-state index contributed by atoms with van der Waals surface area (Å²) in [6.45, 7) is 2.09. The van der Waals surface area contributed by atoms with E-state index in [2.05, 4.69) is 19.7 Å². The molecule has 7 nitrogen and oxygen atoms in total. The minimum absolute atomic E-state index is 0. The Hall–Kier alpha value is -2.30. The van der Waals surface area contributed by atoms with Crippen LogP contribution in [-0.4, -0.2) is 48.3 Å². The van der Waals surface area contributed by atoms with Gasteiger partial charge < -0.3 is 19.7 Å². The smallest absolute Gasteiger partial charge is 0.387 e. The van der Waals surface area contributed by atoms with Gasteiger partial charge in [0.05, 0.1) is 17.7 Å². The monoisotopic (exact) mass is 463 g/mol. The molecule has 0 amide bonds. The zero-order chi connectivity index (χ0) is 21.0. The number of nitrogens with zero attached hydrogens (tertiary/aromatic N) is 1. The van der Waals surface area contributed by atoms with Crippen LogP contribution in [0.2, 0.25) is 0 Å². The predicted molar refractivity (Wildman–Crippen MR) is 114 cm³/mol. The average molecular weight is 464 g/mol. The van der Waals surface area contributed by atoms with Crippen molar-refractivity contribution in [1.29, 1.82) is 0 Å². The van der Waals surface area contributed by atoms with E-state index in [0.29, 0.717) is 0 Å². The predicted octanol–water partition coefficient (Wildman–Crippen LogP) is 3.24. The minimum atomic E-state index is -3.93. The number of sulfonamides is 1. The molecule has 0 aliphatic carbocycles. The van der Waals surface area contributed by atoms with Crippen LogP contribution in [-0.2, 0) is 10.0 Å². The zero-order valence-electron chi connectivity index (χ0n) is 16.5. The molecule has 2 aromatic rings. The lowest BCUT2D eigenvalue weighted by atomic mass is 10.1. The molecule has 2 N–H and O–H groups in total. The Bertz CT molecular complexity index is 970. The molecule has 166 valence electrons. The summed E-state index contributed by atoms with van der Waals surface area (Å²) in [7, 11) is -2.63. The van der Waals surface area contributed by atoms with Gasteiger partial charge in [-0.1, -0.05) is 6.07 Å². The molecule has 0 atom stereocenters. The van der Waals surface area contributed by atoms with E-state index in [1.54, 1.807) is 12.1 Å². The zero-order valence-corrected chi connectivity index (χ0v) is 18.2. The van der Waals surface area contributed by atoms with Crippen molar-refractivity contribution < 1.29 is 26.7 Å². The van der Waals surface area contributed by atoms with E-state index in [1.165, 1.54) is 25.3 Å². The fourth-order valence-electron chi connectivity index (χ4n) is 3.15. The molecular weight excluding hydrogens is 440 g/mol. The molecule has 2 aromatic carbocycles. The molecule has 1 fully saturated rings. The number of anilines is 2. The van der Waals surface area contributed by atoms with Crippen molar-refractivity contribution in [2.75, 3.05) is 42.9 Å².